The number of carbonyl (C=O) groups excluding carboxylic acids is 2. The molecule has 0 radical (unpaired) electrons. The maximum atomic E-state index is 11.3. The van der Waals surface area contributed by atoms with Crippen LogP contribution in [0.4, 0.5) is 0 Å². The minimum atomic E-state index is -0.542. The van der Waals surface area contributed by atoms with E-state index in [2.05, 4.69) is 10.1 Å². The summed E-state index contributed by atoms with van der Waals surface area (Å²) in [6.07, 6.45) is -0.256. The second-order valence-electron chi connectivity index (χ2n) is 3.61. The molecule has 0 atom stereocenters. The Bertz CT molecular complexity index is 400. The first-order chi connectivity index (χ1) is 8.65. The van der Waals surface area contributed by atoms with E-state index in [4.69, 9.17) is 4.74 Å². The van der Waals surface area contributed by atoms with Crippen LogP contribution < -0.4 is 10.1 Å². The summed E-state index contributed by atoms with van der Waals surface area (Å²) in [6.45, 7) is 2.92. The molecule has 98 valence electrons. The van der Waals surface area contributed by atoms with E-state index in [0.717, 1.165) is 11.3 Å². The third-order valence-electron chi connectivity index (χ3n) is 2.26. The van der Waals surface area contributed by atoms with E-state index in [1.54, 1.807) is 0 Å². The first kappa shape index (κ1) is 14.0. The molecule has 0 aliphatic carbocycles. The maximum absolute atomic E-state index is 11.3. The lowest BCUT2D eigenvalue weighted by atomic mass is 10.2. The molecular formula is C13H17NO4. The van der Waals surface area contributed by atoms with Crippen LogP contribution in [0.1, 0.15) is 18.9 Å². The molecule has 0 bridgehead atoms. The number of hydrogen-bond acceptors (Lipinski definition) is 4. The summed E-state index contributed by atoms with van der Waals surface area (Å²) in [5.41, 5.74) is 0.941. The molecule has 0 aliphatic heterocycles. The van der Waals surface area contributed by atoms with Crippen molar-refractivity contribution in [3.05, 3.63) is 29.8 Å². The van der Waals surface area contributed by atoms with E-state index in [1.807, 2.05) is 31.2 Å². The summed E-state index contributed by atoms with van der Waals surface area (Å²) < 4.78 is 9.70. The van der Waals surface area contributed by atoms with Crippen LogP contribution in [0.15, 0.2) is 24.3 Å². The van der Waals surface area contributed by atoms with Crippen molar-refractivity contribution < 1.29 is 19.1 Å². The van der Waals surface area contributed by atoms with E-state index in [9.17, 15) is 9.59 Å². The zero-order valence-electron chi connectivity index (χ0n) is 10.6. The highest BCUT2D eigenvalue weighted by Crippen LogP contribution is 2.11. The summed E-state index contributed by atoms with van der Waals surface area (Å²) in [4.78, 5) is 22.2. The van der Waals surface area contributed by atoms with Gasteiger partial charge in [0.1, 0.15) is 12.2 Å². The monoisotopic (exact) mass is 251 g/mol. The molecule has 1 aromatic rings. The van der Waals surface area contributed by atoms with Crippen LogP contribution in [-0.4, -0.2) is 25.6 Å². The number of methoxy groups -OCH3 is 1. The molecule has 0 saturated carbocycles. The lowest BCUT2D eigenvalue weighted by Gasteiger charge is -2.06. The van der Waals surface area contributed by atoms with Gasteiger partial charge in [0.05, 0.1) is 13.7 Å². The van der Waals surface area contributed by atoms with Gasteiger partial charge >= 0.3 is 5.97 Å². The molecule has 18 heavy (non-hydrogen) atoms. The van der Waals surface area contributed by atoms with Gasteiger partial charge in [-0.05, 0) is 24.6 Å². The first-order valence-electron chi connectivity index (χ1n) is 5.71. The number of rotatable bonds is 6. The van der Waals surface area contributed by atoms with E-state index in [0.29, 0.717) is 13.2 Å². The Kier molecular flexibility index (Phi) is 5.70. The first-order valence-corrected chi connectivity index (χ1v) is 5.71. The van der Waals surface area contributed by atoms with Crippen molar-refractivity contribution in [2.45, 2.75) is 19.9 Å². The number of amides is 1. The van der Waals surface area contributed by atoms with Crippen LogP contribution in [-0.2, 0) is 20.9 Å². The molecule has 0 aromatic heterocycles. The second kappa shape index (κ2) is 7.32. The highest BCUT2D eigenvalue weighted by molar-refractivity contribution is 5.94. The Labute approximate surface area is 106 Å². The summed E-state index contributed by atoms with van der Waals surface area (Å²) in [7, 11) is 1.25. The number of carbonyl (C=O) groups is 2. The fourth-order valence-electron chi connectivity index (χ4n) is 1.34. The summed E-state index contributed by atoms with van der Waals surface area (Å²) in [5.74, 6) is -0.0999. The van der Waals surface area contributed by atoms with E-state index < -0.39 is 5.97 Å². The molecule has 0 aliphatic rings. The average Bonchev–Trinajstić information content (AvgIpc) is 2.38. The van der Waals surface area contributed by atoms with Crippen LogP contribution in [0.3, 0.4) is 0 Å². The Morgan fingerprint density at radius 1 is 1.22 bits per heavy atom. The average molecular weight is 251 g/mol. The second-order valence-corrected chi connectivity index (χ2v) is 3.61. The zero-order valence-corrected chi connectivity index (χ0v) is 10.6. The number of ether oxygens (including phenoxy) is 2. The summed E-state index contributed by atoms with van der Waals surface area (Å²) in [6, 6.07) is 7.41. The van der Waals surface area contributed by atoms with Gasteiger partial charge in [0.2, 0.25) is 5.91 Å². The van der Waals surface area contributed by atoms with Crippen molar-refractivity contribution in [2.24, 2.45) is 0 Å². The van der Waals surface area contributed by atoms with Gasteiger partial charge in [0.25, 0.3) is 0 Å². The standard InChI is InChI=1S/C13H17NO4/c1-3-18-11-6-4-10(5-7-11)9-14-12(15)8-13(16)17-2/h4-7H,3,8-9H2,1-2H3,(H,14,15). The Morgan fingerprint density at radius 3 is 2.44 bits per heavy atom. The van der Waals surface area contributed by atoms with Crippen molar-refractivity contribution >= 4 is 11.9 Å². The van der Waals surface area contributed by atoms with Crippen molar-refractivity contribution in [1.29, 1.82) is 0 Å². The third-order valence-corrected chi connectivity index (χ3v) is 2.26. The van der Waals surface area contributed by atoms with E-state index in [1.165, 1.54) is 7.11 Å². The highest BCUT2D eigenvalue weighted by Gasteiger charge is 2.08. The minimum Gasteiger partial charge on any atom is -0.494 e. The van der Waals surface area contributed by atoms with Crippen molar-refractivity contribution in [1.82, 2.24) is 5.32 Å². The van der Waals surface area contributed by atoms with Crippen LogP contribution in [0.2, 0.25) is 0 Å². The van der Waals surface area contributed by atoms with E-state index in [-0.39, 0.29) is 12.3 Å². The normalized spacial score (nSPS) is 9.67. The van der Waals surface area contributed by atoms with Gasteiger partial charge in [-0.1, -0.05) is 12.1 Å². The summed E-state index contributed by atoms with van der Waals surface area (Å²) >= 11 is 0. The van der Waals surface area contributed by atoms with Gasteiger partial charge in [-0.25, -0.2) is 0 Å². The SMILES string of the molecule is CCOc1ccc(CNC(=O)CC(=O)OC)cc1. The molecule has 0 fully saturated rings. The Hall–Kier alpha value is -2.04. The van der Waals surface area contributed by atoms with Gasteiger partial charge in [0.15, 0.2) is 0 Å². The van der Waals surface area contributed by atoms with Gasteiger partial charge in [-0.3, -0.25) is 9.59 Å². The predicted molar refractivity (Wildman–Crippen MR) is 66.1 cm³/mol. The predicted octanol–water partition coefficient (Wildman–Crippen LogP) is 1.26. The number of nitrogens with one attached hydrogen (secondary N) is 1. The van der Waals surface area contributed by atoms with Crippen LogP contribution in [0, 0.1) is 0 Å². The Balaban J connectivity index is 2.39. The molecule has 1 N–H and O–H groups in total. The summed E-state index contributed by atoms with van der Waals surface area (Å²) in [5, 5.41) is 2.64. The highest BCUT2D eigenvalue weighted by atomic mass is 16.5. The molecule has 0 unspecified atom stereocenters. The molecule has 0 spiro atoms. The topological polar surface area (TPSA) is 64.6 Å². The van der Waals surface area contributed by atoms with Crippen LogP contribution in [0.25, 0.3) is 0 Å². The molecule has 0 saturated heterocycles. The quantitative estimate of drug-likeness (QED) is 0.610. The fourth-order valence-corrected chi connectivity index (χ4v) is 1.34. The Morgan fingerprint density at radius 2 is 1.89 bits per heavy atom. The van der Waals surface area contributed by atoms with Gasteiger partial charge in [-0.15, -0.1) is 0 Å². The maximum Gasteiger partial charge on any atom is 0.315 e. The number of hydrogen-bond donors (Lipinski definition) is 1. The molecule has 1 aromatic carbocycles. The lowest BCUT2D eigenvalue weighted by Crippen LogP contribution is -2.25. The van der Waals surface area contributed by atoms with E-state index >= 15 is 0 Å². The number of esters is 1. The fraction of sp³-hybridized carbons (Fsp3) is 0.385. The third kappa shape index (κ3) is 4.86. The molecule has 1 amide bonds. The van der Waals surface area contributed by atoms with Gasteiger partial charge in [0, 0.05) is 6.54 Å². The molecule has 0 heterocycles. The largest absolute Gasteiger partial charge is 0.494 e. The zero-order chi connectivity index (χ0) is 13.4. The van der Waals surface area contributed by atoms with Crippen molar-refractivity contribution in [2.75, 3.05) is 13.7 Å². The number of benzene rings is 1. The molecule has 5 nitrogen and oxygen atoms in total. The van der Waals surface area contributed by atoms with Gasteiger partial charge < -0.3 is 14.8 Å². The van der Waals surface area contributed by atoms with Gasteiger partial charge in [-0.2, -0.15) is 0 Å². The minimum absolute atomic E-state index is 0.256. The van der Waals surface area contributed by atoms with Crippen molar-refractivity contribution in [3.8, 4) is 5.75 Å². The smallest absolute Gasteiger partial charge is 0.315 e. The molecule has 5 heteroatoms. The molecule has 1 rings (SSSR count). The van der Waals surface area contributed by atoms with Crippen LogP contribution in [0.5, 0.6) is 5.75 Å². The van der Waals surface area contributed by atoms with Crippen LogP contribution >= 0.6 is 0 Å². The van der Waals surface area contributed by atoms with Crippen molar-refractivity contribution in [3.63, 3.8) is 0 Å². The lowest BCUT2D eigenvalue weighted by molar-refractivity contribution is -0.143. The molecular weight excluding hydrogens is 234 g/mol.